The minimum atomic E-state index is -0.298. The molecule has 0 amide bonds. The normalized spacial score (nSPS) is 11.6. The van der Waals surface area contributed by atoms with Gasteiger partial charge in [-0.25, -0.2) is 4.39 Å². The van der Waals surface area contributed by atoms with Crippen molar-refractivity contribution in [3.63, 3.8) is 0 Å². The highest BCUT2D eigenvalue weighted by Gasteiger charge is 2.14. The molecule has 1 aromatic carbocycles. The van der Waals surface area contributed by atoms with Gasteiger partial charge >= 0.3 is 0 Å². The van der Waals surface area contributed by atoms with Crippen LogP contribution in [0.2, 0.25) is 0 Å². The van der Waals surface area contributed by atoms with Gasteiger partial charge in [0.15, 0.2) is 17.4 Å². The number of rotatable bonds is 4. The van der Waals surface area contributed by atoms with Gasteiger partial charge in [-0.2, -0.15) is 5.10 Å². The maximum absolute atomic E-state index is 13.0. The molecule has 1 N–H and O–H groups in total. The van der Waals surface area contributed by atoms with Crippen molar-refractivity contribution in [2.24, 2.45) is 12.0 Å². The summed E-state index contributed by atoms with van der Waals surface area (Å²) in [7, 11) is 3.37. The van der Waals surface area contributed by atoms with Crippen LogP contribution in [-0.4, -0.2) is 27.7 Å². The van der Waals surface area contributed by atoms with Gasteiger partial charge in [0.05, 0.1) is 5.52 Å². The van der Waals surface area contributed by atoms with Gasteiger partial charge in [-0.1, -0.05) is 18.7 Å². The fourth-order valence-electron chi connectivity index (χ4n) is 2.54. The largest absolute Gasteiger partial charge is 0.441 e. The molecule has 0 radical (unpaired) electrons. The molecule has 2 heterocycles. The summed E-state index contributed by atoms with van der Waals surface area (Å²) >= 11 is 0. The number of hydrogen-bond donors (Lipinski definition) is 1. The number of aryl methyl sites for hydroxylation is 1. The summed E-state index contributed by atoms with van der Waals surface area (Å²) in [6.45, 7) is 3.89. The molecule has 3 aromatic rings. The molecule has 7 heteroatoms. The monoisotopic (exact) mass is 351 g/mol. The van der Waals surface area contributed by atoms with Gasteiger partial charge in [0.25, 0.3) is 0 Å². The number of nitrogens with zero attached hydrogens (tertiary/aromatic N) is 4. The van der Waals surface area contributed by atoms with Gasteiger partial charge in [0, 0.05) is 26.7 Å². The van der Waals surface area contributed by atoms with Gasteiger partial charge in [-0.15, -0.1) is 0 Å². The van der Waals surface area contributed by atoms with Crippen molar-refractivity contribution in [3.8, 4) is 0 Å². The van der Waals surface area contributed by atoms with Crippen molar-refractivity contribution in [2.45, 2.75) is 6.42 Å². The fraction of sp³-hybridized carbons (Fsp3) is 0.158. The smallest absolute Gasteiger partial charge is 0.194 e. The Morgan fingerprint density at radius 1 is 1.31 bits per heavy atom. The molecular weight excluding hydrogens is 333 g/mol. The highest BCUT2D eigenvalue weighted by atomic mass is 19.1. The zero-order chi connectivity index (χ0) is 18.7. The molecule has 132 valence electrons. The molecule has 0 spiro atoms. The van der Waals surface area contributed by atoms with Crippen LogP contribution in [0, 0.1) is 11.2 Å². The molecule has 6 nitrogen and oxygen atoms in total. The van der Waals surface area contributed by atoms with Gasteiger partial charge < -0.3 is 4.74 Å². The van der Waals surface area contributed by atoms with Crippen LogP contribution in [0.4, 0.5) is 4.39 Å². The molecule has 0 saturated heterocycles. The van der Waals surface area contributed by atoms with Crippen LogP contribution in [0.25, 0.3) is 16.8 Å². The van der Waals surface area contributed by atoms with E-state index < -0.39 is 0 Å². The molecule has 2 aromatic heterocycles. The van der Waals surface area contributed by atoms with Crippen molar-refractivity contribution < 1.29 is 9.13 Å². The van der Waals surface area contributed by atoms with E-state index >= 15 is 0 Å². The predicted octanol–water partition coefficient (Wildman–Crippen LogP) is 2.85. The lowest BCUT2D eigenvalue weighted by Gasteiger charge is -2.13. The quantitative estimate of drug-likeness (QED) is 0.446. The van der Waals surface area contributed by atoms with Crippen LogP contribution in [0.5, 0.6) is 0 Å². The van der Waals surface area contributed by atoms with Crippen LogP contribution >= 0.6 is 0 Å². The zero-order valence-corrected chi connectivity index (χ0v) is 14.5. The number of aliphatic imine (C=N–C) groups is 1. The third-order valence-corrected chi connectivity index (χ3v) is 3.88. The molecule has 0 unspecified atom stereocenters. The Kier molecular flexibility index (Phi) is 4.88. The molecule has 0 aliphatic rings. The minimum Gasteiger partial charge on any atom is -0.441 e. The van der Waals surface area contributed by atoms with Crippen LogP contribution in [-0.2, 0) is 18.2 Å². The van der Waals surface area contributed by atoms with Crippen LogP contribution in [0.1, 0.15) is 11.3 Å². The Hall–Kier alpha value is -3.35. The summed E-state index contributed by atoms with van der Waals surface area (Å²) in [4.78, 5) is 8.36. The van der Waals surface area contributed by atoms with Gasteiger partial charge in [-0.3, -0.25) is 20.1 Å². The van der Waals surface area contributed by atoms with Crippen molar-refractivity contribution in [3.05, 3.63) is 71.6 Å². The van der Waals surface area contributed by atoms with Crippen molar-refractivity contribution in [1.82, 2.24) is 14.8 Å². The third-order valence-electron chi connectivity index (χ3n) is 3.88. The molecule has 0 aliphatic heterocycles. The van der Waals surface area contributed by atoms with Crippen LogP contribution in [0.15, 0.2) is 54.2 Å². The summed E-state index contributed by atoms with van der Waals surface area (Å²) in [6, 6.07) is 9.74. The molecule has 0 bridgehead atoms. The Labute approximate surface area is 149 Å². The molecular formula is C19H18FN5O. The highest BCUT2D eigenvalue weighted by molar-refractivity contribution is 5.84. The Bertz CT molecular complexity index is 1050. The van der Waals surface area contributed by atoms with E-state index in [1.165, 1.54) is 12.1 Å². The minimum absolute atomic E-state index is 0.140. The first-order valence-corrected chi connectivity index (χ1v) is 7.93. The van der Waals surface area contributed by atoms with E-state index in [2.05, 4.69) is 21.7 Å². The number of hydrogen-bond acceptors (Lipinski definition) is 5. The number of benzene rings is 1. The van der Waals surface area contributed by atoms with Crippen molar-refractivity contribution in [1.29, 1.82) is 5.41 Å². The lowest BCUT2D eigenvalue weighted by Crippen LogP contribution is -2.20. The van der Waals surface area contributed by atoms with Crippen molar-refractivity contribution in [2.75, 3.05) is 7.05 Å². The molecule has 0 saturated carbocycles. The van der Waals surface area contributed by atoms with E-state index in [-0.39, 0.29) is 16.9 Å². The highest BCUT2D eigenvalue weighted by Crippen LogP contribution is 2.14. The third kappa shape index (κ3) is 3.51. The number of pyridine rings is 1. The maximum Gasteiger partial charge on any atom is 0.194 e. The van der Waals surface area contributed by atoms with Crippen LogP contribution in [0.3, 0.4) is 0 Å². The molecule has 0 aliphatic carbocycles. The second kappa shape index (κ2) is 7.26. The standard InChI is InChI=1S/C19H18FN5O/c1-12(26-16(22-2)11-13-6-8-14(20)9-7-13)18-17(21)19-15(25(3)24-18)5-4-10-23-19/h4-10,21H,1,11H2,2-3H3. The number of fused-ring (bicyclic) bond motifs is 1. The maximum atomic E-state index is 13.0. The lowest BCUT2D eigenvalue weighted by molar-refractivity contribution is 0.488. The Morgan fingerprint density at radius 2 is 2.04 bits per heavy atom. The summed E-state index contributed by atoms with van der Waals surface area (Å²) in [5, 5.41) is 12.9. The van der Waals surface area contributed by atoms with Gasteiger partial charge in [0.1, 0.15) is 16.7 Å². The topological polar surface area (TPSA) is 76.2 Å². The zero-order valence-electron chi connectivity index (χ0n) is 14.5. The van der Waals surface area contributed by atoms with E-state index in [1.807, 2.05) is 6.07 Å². The SMILES string of the molecule is C=C(OC(Cc1ccc(F)cc1)=NC)c1nn(C)c2cccnc2c1=N. The number of halogens is 1. The second-order valence-corrected chi connectivity index (χ2v) is 5.66. The molecule has 26 heavy (non-hydrogen) atoms. The summed E-state index contributed by atoms with van der Waals surface area (Å²) in [5.41, 5.74) is 2.39. The summed E-state index contributed by atoms with van der Waals surface area (Å²) in [5.74, 6) is 0.306. The van der Waals surface area contributed by atoms with E-state index in [1.54, 1.807) is 43.2 Å². The number of ether oxygens (including phenoxy) is 1. The molecule has 3 rings (SSSR count). The van der Waals surface area contributed by atoms with Crippen molar-refractivity contribution >= 4 is 22.7 Å². The van der Waals surface area contributed by atoms with E-state index in [9.17, 15) is 4.39 Å². The van der Waals surface area contributed by atoms with Crippen LogP contribution < -0.4 is 5.36 Å². The second-order valence-electron chi connectivity index (χ2n) is 5.66. The fourth-order valence-corrected chi connectivity index (χ4v) is 2.54. The van der Waals surface area contributed by atoms with E-state index in [0.29, 0.717) is 23.5 Å². The summed E-state index contributed by atoms with van der Waals surface area (Å²) < 4.78 is 20.4. The molecule has 0 fully saturated rings. The summed E-state index contributed by atoms with van der Waals surface area (Å²) in [6.07, 6.45) is 2.00. The molecule has 0 atom stereocenters. The van der Waals surface area contributed by atoms with E-state index in [0.717, 1.165) is 11.1 Å². The lowest BCUT2D eigenvalue weighted by atomic mass is 10.1. The number of aromatic nitrogens is 3. The van der Waals surface area contributed by atoms with E-state index in [4.69, 9.17) is 10.1 Å². The predicted molar refractivity (Wildman–Crippen MR) is 97.9 cm³/mol. The Balaban J connectivity index is 1.87. The average Bonchev–Trinajstić information content (AvgIpc) is 2.65. The van der Waals surface area contributed by atoms with Gasteiger partial charge in [0.2, 0.25) is 0 Å². The Morgan fingerprint density at radius 3 is 2.73 bits per heavy atom. The average molecular weight is 351 g/mol. The first-order chi connectivity index (χ1) is 12.5. The van der Waals surface area contributed by atoms with Gasteiger partial charge in [-0.05, 0) is 29.8 Å². The number of nitrogens with one attached hydrogen (secondary N) is 1. The first kappa shape index (κ1) is 17.5. The first-order valence-electron chi connectivity index (χ1n) is 7.93.